The molecule has 0 spiro atoms. The Labute approximate surface area is 128 Å². The molecule has 3 rings (SSSR count). The van der Waals surface area contributed by atoms with Crippen molar-refractivity contribution in [3.8, 4) is 0 Å². The van der Waals surface area contributed by atoms with Crippen molar-refractivity contribution in [3.05, 3.63) is 28.2 Å². The van der Waals surface area contributed by atoms with Crippen LogP contribution in [0.1, 0.15) is 12.8 Å². The molecule has 0 saturated carbocycles. The van der Waals surface area contributed by atoms with Gasteiger partial charge < -0.3 is 10.2 Å². The number of benzene rings is 1. The zero-order chi connectivity index (χ0) is 14.1. The van der Waals surface area contributed by atoms with E-state index < -0.39 is 0 Å². The number of halogens is 2. The molecule has 1 atom stereocenters. The Morgan fingerprint density at radius 3 is 2.85 bits per heavy atom. The lowest BCUT2D eigenvalue weighted by molar-refractivity contribution is 0.124. The standard InChI is InChI=1S/C14H17Cl2N3O/c15-12-4-3-10(8-13(12)16)17-14(20)19-7-6-18-5-1-2-11(18)9-19/h3-4,8,11H,1-2,5-7,9H2,(H,17,20). The van der Waals surface area contributed by atoms with Crippen molar-refractivity contribution in [1.29, 1.82) is 0 Å². The number of urea groups is 1. The van der Waals surface area contributed by atoms with Crippen LogP contribution in [0.4, 0.5) is 10.5 Å². The van der Waals surface area contributed by atoms with Gasteiger partial charge in [0, 0.05) is 31.4 Å². The number of carbonyl (C=O) groups excluding carboxylic acids is 1. The molecule has 2 saturated heterocycles. The maximum Gasteiger partial charge on any atom is 0.321 e. The lowest BCUT2D eigenvalue weighted by atomic mass is 10.1. The largest absolute Gasteiger partial charge is 0.322 e. The van der Waals surface area contributed by atoms with E-state index in [1.54, 1.807) is 18.2 Å². The van der Waals surface area contributed by atoms with Crippen molar-refractivity contribution in [2.24, 2.45) is 0 Å². The number of piperazine rings is 1. The fourth-order valence-electron chi connectivity index (χ4n) is 2.95. The summed E-state index contributed by atoms with van der Waals surface area (Å²) in [7, 11) is 0. The van der Waals surface area contributed by atoms with E-state index in [2.05, 4.69) is 10.2 Å². The SMILES string of the molecule is O=C(Nc1ccc(Cl)c(Cl)c1)N1CCN2CCCC2C1. The van der Waals surface area contributed by atoms with Crippen molar-refractivity contribution in [2.45, 2.75) is 18.9 Å². The average Bonchev–Trinajstić information content (AvgIpc) is 2.90. The Bertz CT molecular complexity index is 523. The normalized spacial score (nSPS) is 22.7. The third kappa shape index (κ3) is 2.87. The first-order chi connectivity index (χ1) is 9.63. The van der Waals surface area contributed by atoms with Gasteiger partial charge in [-0.15, -0.1) is 0 Å². The Hall–Kier alpha value is -0.970. The Morgan fingerprint density at radius 2 is 2.05 bits per heavy atom. The monoisotopic (exact) mass is 313 g/mol. The molecular weight excluding hydrogens is 297 g/mol. The first-order valence-electron chi connectivity index (χ1n) is 6.88. The van der Waals surface area contributed by atoms with Crippen LogP contribution >= 0.6 is 23.2 Å². The summed E-state index contributed by atoms with van der Waals surface area (Å²) in [4.78, 5) is 16.6. The summed E-state index contributed by atoms with van der Waals surface area (Å²) < 4.78 is 0. The maximum absolute atomic E-state index is 12.3. The molecule has 2 fully saturated rings. The van der Waals surface area contributed by atoms with Crippen molar-refractivity contribution in [1.82, 2.24) is 9.80 Å². The molecule has 4 nitrogen and oxygen atoms in total. The van der Waals surface area contributed by atoms with Gasteiger partial charge in [-0.1, -0.05) is 23.2 Å². The van der Waals surface area contributed by atoms with Crippen LogP contribution in [0, 0.1) is 0 Å². The van der Waals surface area contributed by atoms with Gasteiger partial charge in [-0.05, 0) is 37.6 Å². The van der Waals surface area contributed by atoms with Crippen LogP contribution in [-0.2, 0) is 0 Å². The van der Waals surface area contributed by atoms with Crippen LogP contribution in [0.5, 0.6) is 0 Å². The van der Waals surface area contributed by atoms with Crippen molar-refractivity contribution < 1.29 is 4.79 Å². The van der Waals surface area contributed by atoms with Crippen LogP contribution in [0.2, 0.25) is 10.0 Å². The summed E-state index contributed by atoms with van der Waals surface area (Å²) in [5.74, 6) is 0. The minimum Gasteiger partial charge on any atom is -0.322 e. The van der Waals surface area contributed by atoms with E-state index in [0.29, 0.717) is 21.8 Å². The fourth-order valence-corrected chi connectivity index (χ4v) is 3.25. The van der Waals surface area contributed by atoms with Gasteiger partial charge in [0.1, 0.15) is 0 Å². The molecule has 1 N–H and O–H groups in total. The number of nitrogens with one attached hydrogen (secondary N) is 1. The van der Waals surface area contributed by atoms with E-state index in [-0.39, 0.29) is 6.03 Å². The highest BCUT2D eigenvalue weighted by atomic mass is 35.5. The highest BCUT2D eigenvalue weighted by Gasteiger charge is 2.32. The van der Waals surface area contributed by atoms with Gasteiger partial charge >= 0.3 is 6.03 Å². The van der Waals surface area contributed by atoms with Gasteiger partial charge in [-0.2, -0.15) is 0 Å². The molecule has 20 heavy (non-hydrogen) atoms. The number of hydrogen-bond acceptors (Lipinski definition) is 2. The van der Waals surface area contributed by atoms with Crippen LogP contribution in [-0.4, -0.2) is 48.1 Å². The van der Waals surface area contributed by atoms with Gasteiger partial charge in [0.2, 0.25) is 0 Å². The lowest BCUT2D eigenvalue weighted by Gasteiger charge is -2.37. The zero-order valence-electron chi connectivity index (χ0n) is 11.1. The molecule has 6 heteroatoms. The van der Waals surface area contributed by atoms with E-state index >= 15 is 0 Å². The van der Waals surface area contributed by atoms with Gasteiger partial charge in [0.15, 0.2) is 0 Å². The second kappa shape index (κ2) is 5.80. The molecule has 0 bridgehead atoms. The minimum absolute atomic E-state index is 0.0602. The summed E-state index contributed by atoms with van der Waals surface area (Å²) in [6.45, 7) is 3.74. The molecule has 108 valence electrons. The van der Waals surface area contributed by atoms with Crippen LogP contribution < -0.4 is 5.32 Å². The topological polar surface area (TPSA) is 35.6 Å². The van der Waals surface area contributed by atoms with E-state index in [4.69, 9.17) is 23.2 Å². The first-order valence-corrected chi connectivity index (χ1v) is 7.64. The van der Waals surface area contributed by atoms with Gasteiger partial charge in [0.05, 0.1) is 10.0 Å². The number of fused-ring (bicyclic) bond motifs is 1. The number of rotatable bonds is 1. The van der Waals surface area contributed by atoms with Crippen molar-refractivity contribution >= 4 is 34.9 Å². The fraction of sp³-hybridized carbons (Fsp3) is 0.500. The second-order valence-electron chi connectivity index (χ2n) is 5.34. The van der Waals surface area contributed by atoms with Crippen molar-refractivity contribution in [2.75, 3.05) is 31.5 Å². The summed E-state index contributed by atoms with van der Waals surface area (Å²) in [5, 5.41) is 3.82. The number of carbonyl (C=O) groups is 1. The molecule has 2 aliphatic heterocycles. The molecule has 1 aromatic carbocycles. The molecule has 0 radical (unpaired) electrons. The highest BCUT2D eigenvalue weighted by molar-refractivity contribution is 6.42. The zero-order valence-corrected chi connectivity index (χ0v) is 12.6. The number of nitrogens with zero attached hydrogens (tertiary/aromatic N) is 2. The van der Waals surface area contributed by atoms with E-state index in [0.717, 1.165) is 19.6 Å². The number of hydrogen-bond donors (Lipinski definition) is 1. The van der Waals surface area contributed by atoms with Crippen LogP contribution in [0.3, 0.4) is 0 Å². The minimum atomic E-state index is -0.0602. The van der Waals surface area contributed by atoms with Gasteiger partial charge in [-0.25, -0.2) is 4.79 Å². The highest BCUT2D eigenvalue weighted by Crippen LogP contribution is 2.26. The van der Waals surface area contributed by atoms with Crippen molar-refractivity contribution in [3.63, 3.8) is 0 Å². The molecular formula is C14H17Cl2N3O. The quantitative estimate of drug-likeness (QED) is 0.863. The van der Waals surface area contributed by atoms with Gasteiger partial charge in [-0.3, -0.25) is 4.90 Å². The second-order valence-corrected chi connectivity index (χ2v) is 6.15. The third-order valence-electron chi connectivity index (χ3n) is 4.05. The molecule has 0 aromatic heterocycles. The van der Waals surface area contributed by atoms with Gasteiger partial charge in [0.25, 0.3) is 0 Å². The molecule has 2 aliphatic rings. The van der Waals surface area contributed by atoms with E-state index in [9.17, 15) is 4.79 Å². The van der Waals surface area contributed by atoms with E-state index in [1.165, 1.54) is 19.4 Å². The third-order valence-corrected chi connectivity index (χ3v) is 4.78. The molecule has 0 aliphatic carbocycles. The average molecular weight is 314 g/mol. The molecule has 2 amide bonds. The number of amides is 2. The smallest absolute Gasteiger partial charge is 0.321 e. The summed E-state index contributed by atoms with van der Waals surface area (Å²) >= 11 is 11.8. The van der Waals surface area contributed by atoms with Crippen LogP contribution in [0.25, 0.3) is 0 Å². The maximum atomic E-state index is 12.3. The summed E-state index contributed by atoms with van der Waals surface area (Å²) in [5.41, 5.74) is 0.679. The lowest BCUT2D eigenvalue weighted by Crippen LogP contribution is -2.53. The predicted octanol–water partition coefficient (Wildman–Crippen LogP) is 3.31. The molecule has 2 heterocycles. The predicted molar refractivity (Wildman–Crippen MR) is 81.6 cm³/mol. The molecule has 1 unspecified atom stereocenters. The Kier molecular flexibility index (Phi) is 4.06. The first kappa shape index (κ1) is 14.0. The van der Waals surface area contributed by atoms with Crippen LogP contribution in [0.15, 0.2) is 18.2 Å². The van der Waals surface area contributed by atoms with E-state index in [1.807, 2.05) is 4.90 Å². The summed E-state index contributed by atoms with van der Waals surface area (Å²) in [6, 6.07) is 5.60. The Balaban J connectivity index is 1.62. The Morgan fingerprint density at radius 1 is 1.20 bits per heavy atom. The summed E-state index contributed by atoms with van der Waals surface area (Å²) in [6.07, 6.45) is 2.43. The molecule has 1 aromatic rings. The number of anilines is 1.